The number of hydrogen-bond acceptors (Lipinski definition) is 2. The monoisotopic (exact) mass is 233 g/mol. The van der Waals surface area contributed by atoms with Crippen LogP contribution in [0.1, 0.15) is 32.6 Å². The number of alkyl halides is 2. The molecule has 0 bridgehead atoms. The zero-order valence-electron chi connectivity index (χ0n) is 9.70. The molecular weight excluding hydrogens is 212 g/mol. The average molecular weight is 233 g/mol. The predicted molar refractivity (Wildman–Crippen MR) is 58.4 cm³/mol. The van der Waals surface area contributed by atoms with Crippen LogP contribution in [0.3, 0.4) is 0 Å². The minimum Gasteiger partial charge on any atom is -0.387 e. The van der Waals surface area contributed by atoms with Crippen LogP contribution in [0.4, 0.5) is 8.78 Å². The van der Waals surface area contributed by atoms with Crippen molar-refractivity contribution in [3.05, 3.63) is 0 Å². The molecule has 94 valence electrons. The van der Waals surface area contributed by atoms with E-state index in [1.807, 2.05) is 0 Å². The molecule has 0 amide bonds. The second-order valence-corrected chi connectivity index (χ2v) is 5.28. The van der Waals surface area contributed by atoms with Crippen molar-refractivity contribution in [2.45, 2.75) is 51.2 Å². The molecule has 1 saturated heterocycles. The number of aliphatic hydroxyl groups excluding tert-OH is 1. The summed E-state index contributed by atoms with van der Waals surface area (Å²) in [6, 6.07) is 0.409. The van der Waals surface area contributed by atoms with Gasteiger partial charge in [-0.15, -0.1) is 0 Å². The van der Waals surface area contributed by atoms with Crippen molar-refractivity contribution in [1.29, 1.82) is 0 Å². The van der Waals surface area contributed by atoms with E-state index >= 15 is 0 Å². The highest BCUT2D eigenvalue weighted by molar-refractivity contribution is 4.93. The molecule has 0 aromatic carbocycles. The lowest BCUT2D eigenvalue weighted by molar-refractivity contribution is -0.0822. The number of piperidine rings is 1. The lowest BCUT2D eigenvalue weighted by atomic mass is 9.65. The fourth-order valence-electron chi connectivity index (χ4n) is 3.62. The zero-order chi connectivity index (χ0) is 11.7. The minimum atomic E-state index is -2.59. The number of fused-ring (bicyclic) bond motifs is 1. The molecule has 0 radical (unpaired) electrons. The van der Waals surface area contributed by atoms with Gasteiger partial charge in [-0.05, 0) is 50.5 Å². The third-order valence-corrected chi connectivity index (χ3v) is 4.46. The number of aliphatic hydroxyl groups is 1. The first-order valence-corrected chi connectivity index (χ1v) is 6.31. The summed E-state index contributed by atoms with van der Waals surface area (Å²) in [5.74, 6) is 0.568. The van der Waals surface area contributed by atoms with Crippen LogP contribution in [0, 0.1) is 17.8 Å². The molecule has 1 aliphatic carbocycles. The van der Waals surface area contributed by atoms with Crippen LogP contribution in [-0.2, 0) is 0 Å². The molecule has 2 N–H and O–H groups in total. The molecule has 2 fully saturated rings. The number of halogens is 2. The first kappa shape index (κ1) is 12.2. The largest absolute Gasteiger partial charge is 0.387 e. The first-order valence-electron chi connectivity index (χ1n) is 6.31. The van der Waals surface area contributed by atoms with Gasteiger partial charge in [0.05, 0.1) is 0 Å². The van der Waals surface area contributed by atoms with E-state index in [1.165, 1.54) is 0 Å². The van der Waals surface area contributed by atoms with Gasteiger partial charge in [0.15, 0.2) is 0 Å². The van der Waals surface area contributed by atoms with Gasteiger partial charge in [0, 0.05) is 6.04 Å². The molecular formula is C12H21F2NO. The molecule has 2 nitrogen and oxygen atoms in total. The molecule has 5 atom stereocenters. The molecule has 16 heavy (non-hydrogen) atoms. The maximum Gasteiger partial charge on any atom is 0.264 e. The Bertz CT molecular complexity index is 235. The Kier molecular flexibility index (Phi) is 3.80. The van der Waals surface area contributed by atoms with Crippen LogP contribution in [0.15, 0.2) is 0 Å². The topological polar surface area (TPSA) is 32.3 Å². The highest BCUT2D eigenvalue weighted by atomic mass is 19.3. The van der Waals surface area contributed by atoms with Crippen molar-refractivity contribution in [1.82, 2.24) is 5.32 Å². The normalized spacial score (nSPS) is 41.8. The van der Waals surface area contributed by atoms with Gasteiger partial charge in [-0.1, -0.05) is 6.42 Å². The number of rotatable bonds is 2. The van der Waals surface area contributed by atoms with Gasteiger partial charge in [-0.2, -0.15) is 0 Å². The van der Waals surface area contributed by atoms with Gasteiger partial charge in [-0.25, -0.2) is 8.78 Å². The molecule has 4 heteroatoms. The number of nitrogens with one attached hydrogen (secondary N) is 1. The fourth-order valence-corrected chi connectivity index (χ4v) is 3.62. The zero-order valence-corrected chi connectivity index (χ0v) is 9.70. The van der Waals surface area contributed by atoms with E-state index in [2.05, 4.69) is 12.2 Å². The van der Waals surface area contributed by atoms with Gasteiger partial charge in [0.1, 0.15) is 6.10 Å². The van der Waals surface area contributed by atoms with E-state index in [1.54, 1.807) is 0 Å². The molecule has 2 aliphatic rings. The Hall–Kier alpha value is -0.220. The van der Waals surface area contributed by atoms with Crippen molar-refractivity contribution in [2.75, 3.05) is 6.54 Å². The fraction of sp³-hybridized carbons (Fsp3) is 1.00. The van der Waals surface area contributed by atoms with E-state index in [0.29, 0.717) is 12.0 Å². The van der Waals surface area contributed by atoms with Crippen molar-refractivity contribution in [3.8, 4) is 0 Å². The molecule has 1 saturated carbocycles. The Morgan fingerprint density at radius 3 is 2.62 bits per heavy atom. The second kappa shape index (κ2) is 4.96. The minimum absolute atomic E-state index is 0.191. The van der Waals surface area contributed by atoms with Crippen LogP contribution >= 0.6 is 0 Å². The quantitative estimate of drug-likeness (QED) is 0.765. The Labute approximate surface area is 95.4 Å². The highest BCUT2D eigenvalue weighted by Crippen LogP contribution is 2.43. The summed E-state index contributed by atoms with van der Waals surface area (Å²) >= 11 is 0. The van der Waals surface area contributed by atoms with Crippen LogP contribution < -0.4 is 5.32 Å². The summed E-state index contributed by atoms with van der Waals surface area (Å²) in [6.07, 6.45) is -0.220. The van der Waals surface area contributed by atoms with E-state index in [9.17, 15) is 13.9 Å². The first-order chi connectivity index (χ1) is 7.61. The van der Waals surface area contributed by atoms with E-state index in [0.717, 1.165) is 32.2 Å². The van der Waals surface area contributed by atoms with Crippen LogP contribution in [0.2, 0.25) is 0 Å². The van der Waals surface area contributed by atoms with Gasteiger partial charge >= 0.3 is 0 Å². The van der Waals surface area contributed by atoms with Crippen LogP contribution in [0.5, 0.6) is 0 Å². The maximum absolute atomic E-state index is 12.6. The standard InChI is InChI=1S/C12H21F2NO/c1-7-8-3-2-4-10(11(16)12(13)14)9(8)5-6-15-7/h7-12,15-16H,2-6H2,1H3/t7-,8+,9+,10+,11-/m0/s1. The molecule has 0 spiro atoms. The lowest BCUT2D eigenvalue weighted by Gasteiger charge is -2.46. The summed E-state index contributed by atoms with van der Waals surface area (Å²) in [4.78, 5) is 0. The van der Waals surface area contributed by atoms with Crippen LogP contribution in [0.25, 0.3) is 0 Å². The van der Waals surface area contributed by atoms with Crippen LogP contribution in [-0.4, -0.2) is 30.2 Å². The lowest BCUT2D eigenvalue weighted by Crippen LogP contribution is -2.51. The summed E-state index contributed by atoms with van der Waals surface area (Å²) in [7, 11) is 0. The maximum atomic E-state index is 12.6. The molecule has 0 aromatic rings. The SMILES string of the molecule is C[C@@H]1NCC[C@H]2[C@H]([C@H](O)C(F)F)CCC[C@@H]21. The van der Waals surface area contributed by atoms with E-state index < -0.39 is 12.5 Å². The molecule has 0 unspecified atom stereocenters. The third kappa shape index (κ3) is 2.23. The summed E-state index contributed by atoms with van der Waals surface area (Å²) in [5, 5.41) is 13.0. The smallest absolute Gasteiger partial charge is 0.264 e. The van der Waals surface area contributed by atoms with Crippen molar-refractivity contribution < 1.29 is 13.9 Å². The molecule has 1 heterocycles. The van der Waals surface area contributed by atoms with Gasteiger partial charge < -0.3 is 10.4 Å². The summed E-state index contributed by atoms with van der Waals surface area (Å²) < 4.78 is 25.2. The van der Waals surface area contributed by atoms with Gasteiger partial charge in [-0.3, -0.25) is 0 Å². The molecule has 0 aromatic heterocycles. The average Bonchev–Trinajstić information content (AvgIpc) is 2.28. The predicted octanol–water partition coefficient (Wildman–Crippen LogP) is 2.03. The van der Waals surface area contributed by atoms with Gasteiger partial charge in [0.2, 0.25) is 0 Å². The van der Waals surface area contributed by atoms with E-state index in [4.69, 9.17) is 0 Å². The Morgan fingerprint density at radius 2 is 1.94 bits per heavy atom. The Morgan fingerprint density at radius 1 is 1.19 bits per heavy atom. The van der Waals surface area contributed by atoms with Crippen molar-refractivity contribution >= 4 is 0 Å². The summed E-state index contributed by atoms with van der Waals surface area (Å²) in [5.41, 5.74) is 0. The van der Waals surface area contributed by atoms with Gasteiger partial charge in [0.25, 0.3) is 6.43 Å². The third-order valence-electron chi connectivity index (χ3n) is 4.46. The van der Waals surface area contributed by atoms with Crippen molar-refractivity contribution in [3.63, 3.8) is 0 Å². The van der Waals surface area contributed by atoms with Crippen molar-refractivity contribution in [2.24, 2.45) is 17.8 Å². The highest BCUT2D eigenvalue weighted by Gasteiger charge is 2.43. The molecule has 2 rings (SSSR count). The Balaban J connectivity index is 2.08. The molecule has 1 aliphatic heterocycles. The summed E-state index contributed by atoms with van der Waals surface area (Å²) in [6.45, 7) is 3.03. The number of hydrogen-bond donors (Lipinski definition) is 2. The second-order valence-electron chi connectivity index (χ2n) is 5.28. The van der Waals surface area contributed by atoms with E-state index in [-0.39, 0.29) is 11.8 Å².